The van der Waals surface area contributed by atoms with E-state index < -0.39 is 23.7 Å². The molecule has 234 valence electrons. The van der Waals surface area contributed by atoms with Crippen LogP contribution in [0.25, 0.3) is 32.1 Å². The van der Waals surface area contributed by atoms with Gasteiger partial charge in [-0.25, -0.2) is 18.6 Å². The van der Waals surface area contributed by atoms with Crippen LogP contribution in [0.1, 0.15) is 56.7 Å². The van der Waals surface area contributed by atoms with E-state index in [-0.39, 0.29) is 45.1 Å². The molecule has 1 N–H and O–H groups in total. The van der Waals surface area contributed by atoms with Gasteiger partial charge in [-0.2, -0.15) is 10.2 Å². The lowest BCUT2D eigenvalue weighted by Crippen LogP contribution is -2.43. The average Bonchev–Trinajstić information content (AvgIpc) is 3.74. The van der Waals surface area contributed by atoms with Crippen molar-refractivity contribution in [1.29, 1.82) is 5.26 Å². The first-order valence-corrected chi connectivity index (χ1v) is 15.9. The molecule has 45 heavy (non-hydrogen) atoms. The molecule has 0 radical (unpaired) electrons. The molecule has 7 rings (SSSR count). The second kappa shape index (κ2) is 11.0. The first-order chi connectivity index (χ1) is 21.5. The number of hydrogen-bond donors (Lipinski definition) is 1. The number of rotatable bonds is 5. The number of alkyl halides is 1. The van der Waals surface area contributed by atoms with Crippen molar-refractivity contribution in [2.75, 3.05) is 25.0 Å². The summed E-state index contributed by atoms with van der Waals surface area (Å²) in [6.45, 7) is 7.24. The predicted molar refractivity (Wildman–Crippen MR) is 167 cm³/mol. The van der Waals surface area contributed by atoms with E-state index in [1.165, 1.54) is 6.07 Å². The molecule has 0 unspecified atom stereocenters. The summed E-state index contributed by atoms with van der Waals surface area (Å²) in [5.74, 6) is -0.543. The number of carbonyl (C=O) groups excluding carboxylic acids is 1. The van der Waals surface area contributed by atoms with Crippen molar-refractivity contribution in [3.05, 3.63) is 45.9 Å². The van der Waals surface area contributed by atoms with Crippen LogP contribution in [0.5, 0.6) is 6.01 Å². The monoisotopic (exact) mass is 653 g/mol. The van der Waals surface area contributed by atoms with Gasteiger partial charge in [0.25, 0.3) is 0 Å². The SMILES string of the molecule is CC(C)(C)OC(=O)Nc1sc2c(F)ccc(-c3c4c(c5cnc(OC[C@@]67CCCN6C[C@H](F)C7)nc5c3Cl)COC4)c2c1C#N. The van der Waals surface area contributed by atoms with Gasteiger partial charge in [0.2, 0.25) is 0 Å². The molecule has 2 aromatic carbocycles. The molecule has 2 fully saturated rings. The fraction of sp³-hybridized carbons (Fsp3) is 0.438. The quantitative estimate of drug-likeness (QED) is 0.236. The Kier molecular flexibility index (Phi) is 7.35. The molecule has 2 aromatic heterocycles. The topological polar surface area (TPSA) is 110 Å². The molecule has 0 aliphatic carbocycles. The second-order valence-corrected chi connectivity index (χ2v) is 14.2. The molecular formula is C32H30ClF2N5O4S. The molecule has 3 aliphatic rings. The number of nitrogens with one attached hydrogen (secondary N) is 1. The van der Waals surface area contributed by atoms with Crippen LogP contribution in [0.3, 0.4) is 0 Å². The second-order valence-electron chi connectivity index (χ2n) is 12.8. The van der Waals surface area contributed by atoms with Crippen molar-refractivity contribution in [3.8, 4) is 23.2 Å². The van der Waals surface area contributed by atoms with Gasteiger partial charge in [-0.05, 0) is 62.9 Å². The Labute approximate surface area is 267 Å². The lowest BCUT2D eigenvalue weighted by Gasteiger charge is -2.30. The molecule has 3 aliphatic heterocycles. The van der Waals surface area contributed by atoms with E-state index in [2.05, 4.69) is 21.3 Å². The summed E-state index contributed by atoms with van der Waals surface area (Å²) in [5.41, 5.74) is 2.07. The third-order valence-corrected chi connectivity index (χ3v) is 10.2. The third kappa shape index (κ3) is 5.16. The number of benzene rings is 2. The van der Waals surface area contributed by atoms with Gasteiger partial charge in [-0.15, -0.1) is 11.3 Å². The number of nitriles is 1. The first kappa shape index (κ1) is 30.0. The van der Waals surface area contributed by atoms with Crippen LogP contribution in [0, 0.1) is 17.1 Å². The Morgan fingerprint density at radius 1 is 1.33 bits per heavy atom. The number of halogens is 3. The largest absolute Gasteiger partial charge is 0.461 e. The van der Waals surface area contributed by atoms with E-state index in [1.807, 2.05) is 0 Å². The fourth-order valence-electron chi connectivity index (χ4n) is 6.87. The van der Waals surface area contributed by atoms with Gasteiger partial charge in [0.15, 0.2) is 0 Å². The fourth-order valence-corrected chi connectivity index (χ4v) is 8.29. The number of ether oxygens (including phenoxy) is 3. The highest BCUT2D eigenvalue weighted by Gasteiger charge is 2.49. The van der Waals surface area contributed by atoms with E-state index in [4.69, 9.17) is 30.8 Å². The van der Waals surface area contributed by atoms with Crippen molar-refractivity contribution in [2.24, 2.45) is 0 Å². The van der Waals surface area contributed by atoms with Crippen LogP contribution in [-0.4, -0.2) is 58.0 Å². The van der Waals surface area contributed by atoms with Gasteiger partial charge in [-0.1, -0.05) is 17.7 Å². The van der Waals surface area contributed by atoms with Crippen LogP contribution in [0.15, 0.2) is 18.3 Å². The number of thiophene rings is 1. The molecule has 0 bridgehead atoms. The van der Waals surface area contributed by atoms with Crippen LogP contribution in [0.2, 0.25) is 5.02 Å². The molecular weight excluding hydrogens is 624 g/mol. The number of amides is 1. The minimum absolute atomic E-state index is 0.0917. The van der Waals surface area contributed by atoms with Crippen LogP contribution < -0.4 is 10.1 Å². The number of aromatic nitrogens is 2. The highest BCUT2D eigenvalue weighted by molar-refractivity contribution is 7.23. The zero-order valence-electron chi connectivity index (χ0n) is 24.9. The van der Waals surface area contributed by atoms with Crippen molar-refractivity contribution < 1.29 is 27.8 Å². The van der Waals surface area contributed by atoms with Crippen LogP contribution in [-0.2, 0) is 22.7 Å². The Hall–Kier alpha value is -3.63. The van der Waals surface area contributed by atoms with Gasteiger partial charge in [0, 0.05) is 35.5 Å². The van der Waals surface area contributed by atoms with Gasteiger partial charge >= 0.3 is 12.1 Å². The number of anilines is 1. The van der Waals surface area contributed by atoms with Gasteiger partial charge in [0.1, 0.15) is 35.3 Å². The number of fused-ring (bicyclic) bond motifs is 5. The van der Waals surface area contributed by atoms with Gasteiger partial charge in [-0.3, -0.25) is 10.2 Å². The summed E-state index contributed by atoms with van der Waals surface area (Å²) >= 11 is 8.09. The molecule has 0 spiro atoms. The Balaban J connectivity index is 1.33. The van der Waals surface area contributed by atoms with Crippen LogP contribution in [0.4, 0.5) is 18.6 Å². The summed E-state index contributed by atoms with van der Waals surface area (Å²) < 4.78 is 47.1. The number of hydrogen-bond acceptors (Lipinski definition) is 9. The highest BCUT2D eigenvalue weighted by atomic mass is 35.5. The zero-order chi connectivity index (χ0) is 31.7. The van der Waals surface area contributed by atoms with Crippen molar-refractivity contribution in [2.45, 2.75) is 70.6 Å². The Bertz CT molecular complexity index is 1920. The summed E-state index contributed by atoms with van der Waals surface area (Å²) in [6.07, 6.45) is 2.28. The standard InChI is InChI=1S/C32H30ClF2N5O4S/c1-31(2,3)44-30(41)39-28-18(10-36)24-17(5-6-22(35)27(24)45-28)23-21-14-42-13-20(21)19-11-37-29(38-26(19)25(23)33)43-15-32-7-4-8-40(32)12-16(34)9-32/h5-6,11,16H,4,7-9,12-15H2,1-3H3,(H,39,41)/t16-,32+/m1/s1. The van der Waals surface area contributed by atoms with Gasteiger partial charge in [0.05, 0.1) is 39.6 Å². The molecule has 0 saturated carbocycles. The maximum absolute atomic E-state index is 15.3. The lowest BCUT2D eigenvalue weighted by atomic mass is 9.91. The Morgan fingerprint density at radius 2 is 2.13 bits per heavy atom. The normalized spacial score (nSPS) is 21.2. The average molecular weight is 654 g/mol. The maximum Gasteiger partial charge on any atom is 0.412 e. The van der Waals surface area contributed by atoms with Crippen LogP contribution >= 0.6 is 22.9 Å². The van der Waals surface area contributed by atoms with E-state index in [0.717, 1.165) is 41.9 Å². The third-order valence-electron chi connectivity index (χ3n) is 8.70. The van der Waals surface area contributed by atoms with Crippen molar-refractivity contribution >= 4 is 55.0 Å². The summed E-state index contributed by atoms with van der Waals surface area (Å²) in [4.78, 5) is 23.9. The number of carbonyl (C=O) groups is 1. The molecule has 5 heterocycles. The molecule has 4 aromatic rings. The van der Waals surface area contributed by atoms with E-state index >= 15 is 4.39 Å². The van der Waals surface area contributed by atoms with Crippen molar-refractivity contribution in [3.63, 3.8) is 0 Å². The molecule has 2 saturated heterocycles. The molecule has 1 amide bonds. The summed E-state index contributed by atoms with van der Waals surface area (Å²) in [6, 6.07) is 5.16. The van der Waals surface area contributed by atoms with Crippen molar-refractivity contribution in [1.82, 2.24) is 14.9 Å². The summed E-state index contributed by atoms with van der Waals surface area (Å²) in [7, 11) is 0. The minimum Gasteiger partial charge on any atom is -0.461 e. The van der Waals surface area contributed by atoms with E-state index in [0.29, 0.717) is 47.0 Å². The maximum atomic E-state index is 15.3. The van der Waals surface area contributed by atoms with E-state index in [9.17, 15) is 14.4 Å². The number of nitrogens with zero attached hydrogens (tertiary/aromatic N) is 4. The molecule has 2 atom stereocenters. The van der Waals surface area contributed by atoms with E-state index in [1.54, 1.807) is 33.0 Å². The Morgan fingerprint density at radius 3 is 2.91 bits per heavy atom. The summed E-state index contributed by atoms with van der Waals surface area (Å²) in [5, 5.41) is 14.3. The highest BCUT2D eigenvalue weighted by Crippen LogP contribution is 2.49. The predicted octanol–water partition coefficient (Wildman–Crippen LogP) is 7.51. The minimum atomic E-state index is -0.881. The first-order valence-electron chi connectivity index (χ1n) is 14.7. The molecule has 13 heteroatoms. The zero-order valence-corrected chi connectivity index (χ0v) is 26.5. The van der Waals surface area contributed by atoms with Gasteiger partial charge < -0.3 is 14.2 Å². The molecule has 9 nitrogen and oxygen atoms in total. The lowest BCUT2D eigenvalue weighted by molar-refractivity contribution is 0.0636. The smallest absolute Gasteiger partial charge is 0.412 e.